The van der Waals surface area contributed by atoms with Crippen LogP contribution in [0.3, 0.4) is 0 Å². The maximum absolute atomic E-state index is 14.1. The average molecular weight is 531 g/mol. The first kappa shape index (κ1) is 24.1. The van der Waals surface area contributed by atoms with Crippen LogP contribution in [-0.2, 0) is 19.4 Å². The summed E-state index contributed by atoms with van der Waals surface area (Å²) in [6.07, 6.45) is 6.82. The van der Waals surface area contributed by atoms with E-state index < -0.39 is 0 Å². The van der Waals surface area contributed by atoms with E-state index in [-0.39, 0.29) is 12.1 Å². The van der Waals surface area contributed by atoms with Crippen molar-refractivity contribution in [3.8, 4) is 5.00 Å². The fourth-order valence-electron chi connectivity index (χ4n) is 5.56. The van der Waals surface area contributed by atoms with Crippen molar-refractivity contribution < 1.29 is 4.79 Å². The van der Waals surface area contributed by atoms with Crippen LogP contribution in [0, 0.1) is 6.92 Å². The van der Waals surface area contributed by atoms with Crippen molar-refractivity contribution in [2.75, 3.05) is 24.3 Å². The van der Waals surface area contributed by atoms with Gasteiger partial charge in [0, 0.05) is 47.1 Å². The number of hydrogen-bond donors (Lipinski definition) is 1. The minimum atomic E-state index is -0.231. The van der Waals surface area contributed by atoms with Gasteiger partial charge in [0.2, 0.25) is 0 Å². The fraction of sp³-hybridized carbons (Fsp3) is 0.300. The molecule has 2 aliphatic rings. The average Bonchev–Trinajstić information content (AvgIpc) is 3.48. The summed E-state index contributed by atoms with van der Waals surface area (Å²) in [5.74, 6) is 0. The van der Waals surface area contributed by atoms with Crippen molar-refractivity contribution in [2.45, 2.75) is 45.2 Å². The first-order valence-electron chi connectivity index (χ1n) is 12.8. The van der Waals surface area contributed by atoms with Crippen molar-refractivity contribution in [1.29, 1.82) is 0 Å². The fourth-order valence-corrected chi connectivity index (χ4v) is 7.14. The molecule has 1 N–H and O–H groups in total. The van der Waals surface area contributed by atoms with Crippen molar-refractivity contribution in [3.63, 3.8) is 0 Å². The Kier molecular flexibility index (Phi) is 6.25. The predicted octanol–water partition coefficient (Wildman–Crippen LogP) is 7.58. The summed E-state index contributed by atoms with van der Waals surface area (Å²) < 4.78 is 2.32. The molecule has 3 heterocycles. The number of carbonyl (C=O) groups excluding carboxylic acids is 1. The number of benzene rings is 2. The molecule has 0 radical (unpaired) electrons. The van der Waals surface area contributed by atoms with Crippen molar-refractivity contribution in [2.24, 2.45) is 0 Å². The lowest BCUT2D eigenvalue weighted by Crippen LogP contribution is -2.38. The number of hydrogen-bond acceptors (Lipinski definition) is 3. The molecule has 0 saturated heterocycles. The van der Waals surface area contributed by atoms with E-state index in [1.807, 2.05) is 55.5 Å². The number of halogens is 1. The molecule has 0 bridgehead atoms. The van der Waals surface area contributed by atoms with Gasteiger partial charge in [-0.1, -0.05) is 29.8 Å². The number of carbonyl (C=O) groups is 1. The van der Waals surface area contributed by atoms with Gasteiger partial charge in [0.25, 0.3) is 0 Å². The van der Waals surface area contributed by atoms with Crippen molar-refractivity contribution >= 4 is 40.3 Å². The van der Waals surface area contributed by atoms with E-state index in [9.17, 15) is 4.79 Å². The summed E-state index contributed by atoms with van der Waals surface area (Å²) in [6.45, 7) is 2.53. The summed E-state index contributed by atoms with van der Waals surface area (Å²) in [7, 11) is 4.08. The maximum atomic E-state index is 14.1. The number of thiophene rings is 1. The van der Waals surface area contributed by atoms with Crippen LogP contribution in [0.15, 0.2) is 60.8 Å². The summed E-state index contributed by atoms with van der Waals surface area (Å²) in [6, 6.07) is 18.1. The Morgan fingerprint density at radius 3 is 2.59 bits per heavy atom. The highest BCUT2D eigenvalue weighted by Crippen LogP contribution is 2.44. The van der Waals surface area contributed by atoms with E-state index in [0.717, 1.165) is 35.3 Å². The third-order valence-electron chi connectivity index (χ3n) is 7.59. The van der Waals surface area contributed by atoms with Gasteiger partial charge in [0.15, 0.2) is 0 Å². The minimum Gasteiger partial charge on any atom is -0.378 e. The summed E-state index contributed by atoms with van der Waals surface area (Å²) in [5.41, 5.74) is 7.76. The normalized spacial score (nSPS) is 16.4. The molecule has 7 heteroatoms. The first-order valence-corrected chi connectivity index (χ1v) is 14.0. The van der Waals surface area contributed by atoms with Crippen LogP contribution in [0.25, 0.3) is 5.00 Å². The molecule has 2 aromatic carbocycles. The third kappa shape index (κ3) is 4.32. The smallest absolute Gasteiger partial charge is 0.322 e. The van der Waals surface area contributed by atoms with Gasteiger partial charge in [-0.05, 0) is 85.7 Å². The van der Waals surface area contributed by atoms with Crippen LogP contribution in [0.4, 0.5) is 16.2 Å². The lowest BCUT2D eigenvalue weighted by Gasteiger charge is -2.31. The van der Waals surface area contributed by atoms with Crippen molar-refractivity contribution in [3.05, 3.63) is 98.6 Å². The Morgan fingerprint density at radius 1 is 1.05 bits per heavy atom. The monoisotopic (exact) mass is 530 g/mol. The topological polar surface area (TPSA) is 40.5 Å². The van der Waals surface area contributed by atoms with Gasteiger partial charge in [-0.25, -0.2) is 4.79 Å². The first-order chi connectivity index (χ1) is 17.9. The van der Waals surface area contributed by atoms with Crippen LogP contribution in [0.1, 0.15) is 51.7 Å². The molecular formula is C30H31ClN4OS. The molecule has 0 saturated carbocycles. The second-order valence-electron chi connectivity index (χ2n) is 10.2. The van der Waals surface area contributed by atoms with Gasteiger partial charge >= 0.3 is 6.03 Å². The van der Waals surface area contributed by atoms with Crippen molar-refractivity contribution in [1.82, 2.24) is 9.47 Å². The zero-order valence-corrected chi connectivity index (χ0v) is 23.0. The number of aryl methyl sites for hydroxylation is 2. The highest BCUT2D eigenvalue weighted by molar-refractivity contribution is 7.15. The molecule has 2 aromatic heterocycles. The molecule has 5 nitrogen and oxygen atoms in total. The van der Waals surface area contributed by atoms with Crippen LogP contribution in [0.5, 0.6) is 0 Å². The molecule has 0 fully saturated rings. The number of rotatable bonds is 3. The second kappa shape index (κ2) is 9.58. The molecule has 1 unspecified atom stereocenters. The molecule has 190 valence electrons. The molecule has 0 spiro atoms. The van der Waals surface area contributed by atoms with Gasteiger partial charge in [-0.15, -0.1) is 11.3 Å². The van der Waals surface area contributed by atoms with Crippen LogP contribution in [0.2, 0.25) is 5.02 Å². The number of nitrogens with zero attached hydrogens (tertiary/aromatic N) is 3. The summed E-state index contributed by atoms with van der Waals surface area (Å²) in [4.78, 5) is 19.6. The highest BCUT2D eigenvalue weighted by atomic mass is 35.5. The summed E-state index contributed by atoms with van der Waals surface area (Å²) >= 11 is 8.29. The molecule has 1 atom stereocenters. The Hall–Kier alpha value is -3.22. The van der Waals surface area contributed by atoms with Gasteiger partial charge in [-0.3, -0.25) is 0 Å². The lowest BCUT2D eigenvalue weighted by atomic mass is 9.95. The van der Waals surface area contributed by atoms with Crippen LogP contribution < -0.4 is 10.2 Å². The van der Waals surface area contributed by atoms with Gasteiger partial charge in [0.1, 0.15) is 5.00 Å². The van der Waals surface area contributed by atoms with Gasteiger partial charge in [-0.2, -0.15) is 0 Å². The molecule has 1 aliphatic carbocycles. The molecule has 4 aromatic rings. The van der Waals surface area contributed by atoms with Crippen LogP contribution >= 0.6 is 22.9 Å². The molecule has 2 amide bonds. The van der Waals surface area contributed by atoms with Gasteiger partial charge in [0.05, 0.1) is 18.3 Å². The predicted molar refractivity (Wildman–Crippen MR) is 154 cm³/mol. The maximum Gasteiger partial charge on any atom is 0.322 e. The van der Waals surface area contributed by atoms with E-state index >= 15 is 0 Å². The molecule has 1 aliphatic heterocycles. The quantitative estimate of drug-likeness (QED) is 0.296. The zero-order valence-electron chi connectivity index (χ0n) is 21.4. The van der Waals surface area contributed by atoms with Gasteiger partial charge < -0.3 is 19.7 Å². The van der Waals surface area contributed by atoms with E-state index in [0.29, 0.717) is 17.3 Å². The molecular weight excluding hydrogens is 500 g/mol. The van der Waals surface area contributed by atoms with E-state index in [4.69, 9.17) is 11.6 Å². The standard InChI is InChI=1S/C30H31ClN4OS/c1-19-10-13-21(17-25(19)31)32-30(36)35-18-24-23-7-4-5-9-27(23)37-29(24)34-16-6-8-26(34)28(35)20-11-14-22(15-12-20)33(2)3/h6,8,10-17,28H,4-5,7,9,18H2,1-3H3,(H,32,36). The minimum absolute atomic E-state index is 0.127. The number of fused-ring (bicyclic) bond motifs is 5. The molecule has 37 heavy (non-hydrogen) atoms. The SMILES string of the molecule is Cc1ccc(NC(=O)N2Cc3c(sc4c3CCCC4)-n3cccc3C2c2ccc(N(C)C)cc2)cc1Cl. The largest absolute Gasteiger partial charge is 0.378 e. The van der Waals surface area contributed by atoms with Crippen LogP contribution in [-0.4, -0.2) is 29.6 Å². The number of aromatic nitrogens is 1. The summed E-state index contributed by atoms with van der Waals surface area (Å²) in [5, 5.41) is 5.06. The zero-order chi connectivity index (χ0) is 25.7. The Morgan fingerprint density at radius 2 is 1.84 bits per heavy atom. The number of urea groups is 1. The Bertz CT molecular complexity index is 1470. The number of nitrogens with one attached hydrogen (secondary N) is 1. The lowest BCUT2D eigenvalue weighted by molar-refractivity contribution is 0.194. The number of amides is 2. The number of anilines is 2. The highest BCUT2D eigenvalue weighted by Gasteiger charge is 2.36. The Labute approximate surface area is 227 Å². The van der Waals surface area contributed by atoms with E-state index in [2.05, 4.69) is 57.4 Å². The Balaban J connectivity index is 1.47. The third-order valence-corrected chi connectivity index (χ3v) is 9.33. The molecule has 6 rings (SSSR count). The van der Waals surface area contributed by atoms with E-state index in [1.165, 1.54) is 33.8 Å². The van der Waals surface area contributed by atoms with E-state index in [1.54, 1.807) is 0 Å². The second-order valence-corrected chi connectivity index (χ2v) is 11.7.